The van der Waals surface area contributed by atoms with Gasteiger partial charge in [-0.25, -0.2) is 14.9 Å². The minimum Gasteiger partial charge on any atom is -0.477 e. The number of pyridine rings is 1. The smallest absolute Gasteiger partial charge is 0.354 e. The summed E-state index contributed by atoms with van der Waals surface area (Å²) in [5.74, 6) is -1.08. The molecule has 0 amide bonds. The van der Waals surface area contributed by atoms with Crippen LogP contribution < -0.4 is 5.56 Å². The number of hydrogen-bond acceptors (Lipinski definition) is 4. The highest BCUT2D eigenvalue weighted by Gasteiger charge is 2.14. The van der Waals surface area contributed by atoms with Gasteiger partial charge >= 0.3 is 5.97 Å². The lowest BCUT2D eigenvalue weighted by molar-refractivity contribution is 0.0691. The second kappa shape index (κ2) is 3.97. The summed E-state index contributed by atoms with van der Waals surface area (Å²) in [6.07, 6.45) is 0. The summed E-state index contributed by atoms with van der Waals surface area (Å²) in [5.41, 5.74) is 0.479. The highest BCUT2D eigenvalue weighted by Crippen LogP contribution is 2.18. The van der Waals surface area contributed by atoms with Crippen molar-refractivity contribution in [2.75, 3.05) is 0 Å². The number of fused-ring (bicyclic) bond motifs is 1. The normalized spacial score (nSPS) is 11.0. The van der Waals surface area contributed by atoms with Crippen LogP contribution in [0.4, 0.5) is 0 Å². The van der Waals surface area contributed by atoms with Crippen LogP contribution in [0.1, 0.15) is 35.9 Å². The van der Waals surface area contributed by atoms with Crippen LogP contribution in [0.5, 0.6) is 0 Å². The van der Waals surface area contributed by atoms with Crippen molar-refractivity contribution in [3.8, 4) is 0 Å². The van der Waals surface area contributed by atoms with Crippen LogP contribution in [-0.4, -0.2) is 26.3 Å². The fraction of sp³-hybridized carbons (Fsp3) is 0.273. The molecule has 2 heterocycles. The van der Waals surface area contributed by atoms with Crippen molar-refractivity contribution in [1.82, 2.24) is 15.2 Å². The second-order valence-electron chi connectivity index (χ2n) is 3.99. The number of carbonyl (C=O) groups is 1. The topological polar surface area (TPSA) is 95.9 Å². The lowest BCUT2D eigenvalue weighted by Crippen LogP contribution is -2.14. The van der Waals surface area contributed by atoms with Crippen molar-refractivity contribution in [3.05, 3.63) is 33.9 Å². The average molecular weight is 233 g/mol. The zero-order valence-corrected chi connectivity index (χ0v) is 9.39. The Morgan fingerprint density at radius 3 is 2.71 bits per heavy atom. The molecule has 0 aliphatic carbocycles. The van der Waals surface area contributed by atoms with E-state index in [1.807, 2.05) is 13.8 Å². The summed E-state index contributed by atoms with van der Waals surface area (Å²) >= 11 is 0. The largest absolute Gasteiger partial charge is 0.477 e. The summed E-state index contributed by atoms with van der Waals surface area (Å²) < 4.78 is 0. The van der Waals surface area contributed by atoms with E-state index in [1.54, 1.807) is 0 Å². The molecule has 2 aromatic heterocycles. The number of nitrogens with zero attached hydrogens (tertiary/aromatic N) is 2. The Balaban J connectivity index is 2.85. The summed E-state index contributed by atoms with van der Waals surface area (Å²) in [5, 5.41) is 15.5. The van der Waals surface area contributed by atoms with E-state index in [1.165, 1.54) is 12.1 Å². The lowest BCUT2D eigenvalue weighted by Gasteiger charge is -2.07. The zero-order valence-electron chi connectivity index (χ0n) is 9.39. The molecule has 17 heavy (non-hydrogen) atoms. The first-order chi connectivity index (χ1) is 8.00. The molecule has 2 aromatic rings. The van der Waals surface area contributed by atoms with Gasteiger partial charge in [0.1, 0.15) is 11.2 Å². The Labute approximate surface area is 96.3 Å². The molecule has 0 radical (unpaired) electrons. The van der Waals surface area contributed by atoms with Crippen LogP contribution >= 0.6 is 0 Å². The SMILES string of the molecule is CC(C)c1n[nH]c(=O)c2ccc(C(=O)O)nc12. The predicted molar refractivity (Wildman–Crippen MR) is 61.2 cm³/mol. The molecule has 0 unspecified atom stereocenters. The standard InChI is InChI=1S/C11H11N3O3/c1-5(2)8-9-6(10(15)14-13-8)3-4-7(12-9)11(16)17/h3-5H,1-2H3,(H,14,15)(H,16,17). The third-order valence-corrected chi connectivity index (χ3v) is 2.43. The number of aromatic carboxylic acids is 1. The average Bonchev–Trinajstić information content (AvgIpc) is 2.28. The molecular formula is C11H11N3O3. The maximum absolute atomic E-state index is 11.5. The molecule has 0 saturated heterocycles. The third kappa shape index (κ3) is 1.89. The number of aromatic nitrogens is 3. The van der Waals surface area contributed by atoms with Crippen molar-refractivity contribution in [2.24, 2.45) is 0 Å². The molecule has 0 spiro atoms. The van der Waals surface area contributed by atoms with Crippen LogP contribution in [0.3, 0.4) is 0 Å². The molecule has 6 nitrogen and oxygen atoms in total. The van der Waals surface area contributed by atoms with Gasteiger partial charge in [0, 0.05) is 0 Å². The zero-order chi connectivity index (χ0) is 12.6. The molecule has 0 saturated carbocycles. The monoisotopic (exact) mass is 233 g/mol. The van der Waals surface area contributed by atoms with E-state index in [-0.39, 0.29) is 17.2 Å². The highest BCUT2D eigenvalue weighted by atomic mass is 16.4. The Hall–Kier alpha value is -2.24. The Bertz CT molecular complexity index is 646. The van der Waals surface area contributed by atoms with Gasteiger partial charge in [0.05, 0.1) is 11.1 Å². The summed E-state index contributed by atoms with van der Waals surface area (Å²) in [4.78, 5) is 26.3. The van der Waals surface area contributed by atoms with Gasteiger partial charge in [-0.2, -0.15) is 5.10 Å². The van der Waals surface area contributed by atoms with E-state index in [2.05, 4.69) is 15.2 Å². The van der Waals surface area contributed by atoms with Gasteiger partial charge in [0.15, 0.2) is 0 Å². The number of hydrogen-bond donors (Lipinski definition) is 2. The molecular weight excluding hydrogens is 222 g/mol. The van der Waals surface area contributed by atoms with Crippen LogP contribution in [0, 0.1) is 0 Å². The molecule has 6 heteroatoms. The van der Waals surface area contributed by atoms with Gasteiger partial charge in [-0.15, -0.1) is 0 Å². The maximum Gasteiger partial charge on any atom is 0.354 e. The van der Waals surface area contributed by atoms with E-state index in [9.17, 15) is 9.59 Å². The van der Waals surface area contributed by atoms with Gasteiger partial charge < -0.3 is 5.11 Å². The van der Waals surface area contributed by atoms with Crippen LogP contribution in [-0.2, 0) is 0 Å². The molecule has 2 rings (SSSR count). The van der Waals surface area contributed by atoms with E-state index in [0.717, 1.165) is 0 Å². The van der Waals surface area contributed by atoms with E-state index in [0.29, 0.717) is 16.6 Å². The van der Waals surface area contributed by atoms with Crippen molar-refractivity contribution >= 4 is 16.9 Å². The third-order valence-electron chi connectivity index (χ3n) is 2.43. The molecule has 0 bridgehead atoms. The van der Waals surface area contributed by atoms with Gasteiger partial charge in [-0.05, 0) is 18.1 Å². The fourth-order valence-electron chi connectivity index (χ4n) is 1.58. The number of rotatable bonds is 2. The highest BCUT2D eigenvalue weighted by molar-refractivity contribution is 5.90. The lowest BCUT2D eigenvalue weighted by atomic mass is 10.1. The van der Waals surface area contributed by atoms with E-state index < -0.39 is 5.97 Å². The van der Waals surface area contributed by atoms with Crippen molar-refractivity contribution < 1.29 is 9.90 Å². The minimum atomic E-state index is -1.12. The van der Waals surface area contributed by atoms with Crippen molar-refractivity contribution in [2.45, 2.75) is 19.8 Å². The Kier molecular flexibility index (Phi) is 2.63. The first-order valence-corrected chi connectivity index (χ1v) is 5.13. The summed E-state index contributed by atoms with van der Waals surface area (Å²) in [6, 6.07) is 2.77. The Morgan fingerprint density at radius 1 is 1.41 bits per heavy atom. The van der Waals surface area contributed by atoms with Gasteiger partial charge in [-0.3, -0.25) is 4.79 Å². The minimum absolute atomic E-state index is 0.0471. The van der Waals surface area contributed by atoms with Crippen LogP contribution in [0.2, 0.25) is 0 Å². The van der Waals surface area contributed by atoms with Crippen LogP contribution in [0.25, 0.3) is 10.9 Å². The molecule has 88 valence electrons. The van der Waals surface area contributed by atoms with Gasteiger partial charge in [0.25, 0.3) is 5.56 Å². The number of carboxylic acid groups (broad SMARTS) is 1. The van der Waals surface area contributed by atoms with E-state index in [4.69, 9.17) is 5.11 Å². The quantitative estimate of drug-likeness (QED) is 0.810. The van der Waals surface area contributed by atoms with Crippen LogP contribution in [0.15, 0.2) is 16.9 Å². The fourth-order valence-corrected chi connectivity index (χ4v) is 1.58. The number of aromatic amines is 1. The number of nitrogens with one attached hydrogen (secondary N) is 1. The molecule has 0 aliphatic heterocycles. The van der Waals surface area contributed by atoms with Crippen molar-refractivity contribution in [1.29, 1.82) is 0 Å². The Morgan fingerprint density at radius 2 is 2.12 bits per heavy atom. The molecule has 0 aromatic carbocycles. The summed E-state index contributed by atoms with van der Waals surface area (Å²) in [6.45, 7) is 3.80. The molecule has 0 fully saturated rings. The molecule has 0 aliphatic rings. The number of carboxylic acids is 1. The number of H-pyrrole nitrogens is 1. The van der Waals surface area contributed by atoms with Crippen molar-refractivity contribution in [3.63, 3.8) is 0 Å². The first kappa shape index (κ1) is 11.3. The maximum atomic E-state index is 11.5. The first-order valence-electron chi connectivity index (χ1n) is 5.13. The predicted octanol–water partition coefficient (Wildman–Crippen LogP) is 1.14. The second-order valence-corrected chi connectivity index (χ2v) is 3.99. The van der Waals surface area contributed by atoms with Gasteiger partial charge in [-0.1, -0.05) is 13.8 Å². The van der Waals surface area contributed by atoms with Gasteiger partial charge in [0.2, 0.25) is 0 Å². The summed E-state index contributed by atoms with van der Waals surface area (Å²) in [7, 11) is 0. The molecule has 2 N–H and O–H groups in total. The molecule has 0 atom stereocenters. The van der Waals surface area contributed by atoms with E-state index >= 15 is 0 Å².